The SMILES string of the molecule is C[C@H]1CC2CC1C1CCCC21. The van der Waals surface area contributed by atoms with Crippen LogP contribution in [0.2, 0.25) is 0 Å². The fourth-order valence-corrected chi connectivity index (χ4v) is 4.41. The lowest BCUT2D eigenvalue weighted by Gasteiger charge is -2.29. The molecule has 0 aromatic carbocycles. The minimum absolute atomic E-state index is 1.08. The largest absolute Gasteiger partial charge is 0.0622 e. The quantitative estimate of drug-likeness (QED) is 0.498. The Hall–Kier alpha value is 0. The minimum Gasteiger partial charge on any atom is -0.0622 e. The number of hydrogen-bond acceptors (Lipinski definition) is 0. The van der Waals surface area contributed by atoms with E-state index in [0.29, 0.717) is 0 Å². The zero-order valence-electron chi connectivity index (χ0n) is 7.42. The lowest BCUT2D eigenvalue weighted by molar-refractivity contribution is 0.201. The zero-order chi connectivity index (χ0) is 7.42. The molecule has 3 rings (SSSR count). The summed E-state index contributed by atoms with van der Waals surface area (Å²) in [6, 6.07) is 0. The molecule has 2 bridgehead atoms. The molecule has 3 fully saturated rings. The molecule has 0 spiro atoms. The Morgan fingerprint density at radius 3 is 2.64 bits per heavy atom. The van der Waals surface area contributed by atoms with Gasteiger partial charge in [-0.25, -0.2) is 0 Å². The van der Waals surface area contributed by atoms with Crippen LogP contribution in [0.1, 0.15) is 39.0 Å². The predicted octanol–water partition coefficient (Wildman–Crippen LogP) is 3.08. The molecule has 5 atom stereocenters. The molecule has 4 unspecified atom stereocenters. The summed E-state index contributed by atoms with van der Waals surface area (Å²) >= 11 is 0. The van der Waals surface area contributed by atoms with Crippen LogP contribution in [0.3, 0.4) is 0 Å². The summed E-state index contributed by atoms with van der Waals surface area (Å²) in [7, 11) is 0. The molecule has 0 aromatic heterocycles. The van der Waals surface area contributed by atoms with Crippen molar-refractivity contribution in [2.75, 3.05) is 0 Å². The van der Waals surface area contributed by atoms with Gasteiger partial charge in [0, 0.05) is 0 Å². The Morgan fingerprint density at radius 1 is 0.909 bits per heavy atom. The molecular formula is C11H18. The molecule has 0 nitrogen and oxygen atoms in total. The van der Waals surface area contributed by atoms with E-state index in [4.69, 9.17) is 0 Å². The molecule has 0 radical (unpaired) electrons. The molecule has 62 valence electrons. The van der Waals surface area contributed by atoms with Gasteiger partial charge < -0.3 is 0 Å². The summed E-state index contributed by atoms with van der Waals surface area (Å²) in [6.07, 6.45) is 7.89. The van der Waals surface area contributed by atoms with E-state index in [1.54, 1.807) is 32.1 Å². The monoisotopic (exact) mass is 150 g/mol. The summed E-state index contributed by atoms with van der Waals surface area (Å²) < 4.78 is 0. The average molecular weight is 150 g/mol. The first-order chi connectivity index (χ1) is 5.36. The van der Waals surface area contributed by atoms with Gasteiger partial charge in [0.15, 0.2) is 0 Å². The summed E-state index contributed by atoms with van der Waals surface area (Å²) in [5.41, 5.74) is 0. The van der Waals surface area contributed by atoms with Gasteiger partial charge in [-0.1, -0.05) is 13.3 Å². The highest BCUT2D eigenvalue weighted by atomic mass is 14.6. The van der Waals surface area contributed by atoms with Gasteiger partial charge in [0.25, 0.3) is 0 Å². The van der Waals surface area contributed by atoms with Gasteiger partial charge in [0.05, 0.1) is 0 Å². The molecule has 11 heavy (non-hydrogen) atoms. The van der Waals surface area contributed by atoms with Gasteiger partial charge in [-0.3, -0.25) is 0 Å². The molecule has 3 saturated carbocycles. The van der Waals surface area contributed by atoms with Crippen LogP contribution in [0.5, 0.6) is 0 Å². The maximum atomic E-state index is 2.49. The summed E-state index contributed by atoms with van der Waals surface area (Å²) in [4.78, 5) is 0. The Balaban J connectivity index is 1.90. The topological polar surface area (TPSA) is 0 Å². The van der Waals surface area contributed by atoms with Crippen LogP contribution in [0, 0.1) is 29.6 Å². The van der Waals surface area contributed by atoms with E-state index < -0.39 is 0 Å². The highest BCUT2D eigenvalue weighted by Gasteiger charge is 2.52. The Labute approximate surface area is 69.4 Å². The Morgan fingerprint density at radius 2 is 1.73 bits per heavy atom. The van der Waals surface area contributed by atoms with Crippen LogP contribution in [0.25, 0.3) is 0 Å². The first-order valence-electron chi connectivity index (χ1n) is 5.36. The van der Waals surface area contributed by atoms with Crippen molar-refractivity contribution in [2.45, 2.75) is 39.0 Å². The first-order valence-corrected chi connectivity index (χ1v) is 5.36. The molecule has 0 heteroatoms. The summed E-state index contributed by atoms with van der Waals surface area (Å²) in [5, 5.41) is 0. The minimum atomic E-state index is 1.08. The second-order valence-electron chi connectivity index (χ2n) is 5.13. The van der Waals surface area contributed by atoms with Gasteiger partial charge in [-0.05, 0) is 55.3 Å². The van der Waals surface area contributed by atoms with Crippen molar-refractivity contribution in [1.82, 2.24) is 0 Å². The number of rotatable bonds is 0. The standard InChI is InChI=1S/C11H18/c1-7-5-8-6-11(7)10-4-2-3-9(8)10/h7-11H,2-6H2,1H3/t7-,8?,9?,10?,11?/m0/s1. The average Bonchev–Trinajstić information content (AvgIpc) is 2.52. The van der Waals surface area contributed by atoms with E-state index in [1.807, 2.05) is 0 Å². The normalized spacial score (nSPS) is 60.3. The molecular weight excluding hydrogens is 132 g/mol. The molecule has 0 aliphatic heterocycles. The van der Waals surface area contributed by atoms with Crippen molar-refractivity contribution in [3.63, 3.8) is 0 Å². The van der Waals surface area contributed by atoms with Crippen molar-refractivity contribution in [2.24, 2.45) is 29.6 Å². The highest BCUT2D eigenvalue weighted by Crippen LogP contribution is 2.60. The van der Waals surface area contributed by atoms with Crippen LogP contribution in [-0.2, 0) is 0 Å². The van der Waals surface area contributed by atoms with Crippen LogP contribution in [0.15, 0.2) is 0 Å². The van der Waals surface area contributed by atoms with Gasteiger partial charge in [0.2, 0.25) is 0 Å². The predicted molar refractivity (Wildman–Crippen MR) is 46.2 cm³/mol. The number of fused-ring (bicyclic) bond motifs is 5. The van der Waals surface area contributed by atoms with E-state index in [9.17, 15) is 0 Å². The lowest BCUT2D eigenvalue weighted by atomic mass is 9.77. The van der Waals surface area contributed by atoms with Crippen LogP contribution in [0.4, 0.5) is 0 Å². The maximum absolute atomic E-state index is 2.49. The third-order valence-electron chi connectivity index (χ3n) is 4.76. The summed E-state index contributed by atoms with van der Waals surface area (Å²) in [6.45, 7) is 2.49. The van der Waals surface area contributed by atoms with E-state index in [1.165, 1.54) is 17.8 Å². The summed E-state index contributed by atoms with van der Waals surface area (Å²) in [5.74, 6) is 5.79. The Kier molecular flexibility index (Phi) is 1.20. The molecule has 0 saturated heterocycles. The van der Waals surface area contributed by atoms with Crippen molar-refractivity contribution < 1.29 is 0 Å². The van der Waals surface area contributed by atoms with Crippen molar-refractivity contribution in [3.05, 3.63) is 0 Å². The fraction of sp³-hybridized carbons (Fsp3) is 1.00. The van der Waals surface area contributed by atoms with Crippen LogP contribution < -0.4 is 0 Å². The molecule has 3 aliphatic rings. The number of hydrogen-bond donors (Lipinski definition) is 0. The highest BCUT2D eigenvalue weighted by molar-refractivity contribution is 5.01. The van der Waals surface area contributed by atoms with E-state index in [-0.39, 0.29) is 0 Å². The van der Waals surface area contributed by atoms with E-state index in [0.717, 1.165) is 11.8 Å². The van der Waals surface area contributed by atoms with Crippen molar-refractivity contribution in [1.29, 1.82) is 0 Å². The first kappa shape index (κ1) is 6.51. The molecule has 0 amide bonds. The smallest absolute Gasteiger partial charge is 0.0352 e. The zero-order valence-corrected chi connectivity index (χ0v) is 7.42. The van der Waals surface area contributed by atoms with Gasteiger partial charge in [-0.2, -0.15) is 0 Å². The second kappa shape index (κ2) is 2.02. The third kappa shape index (κ3) is 0.711. The van der Waals surface area contributed by atoms with Gasteiger partial charge in [-0.15, -0.1) is 0 Å². The second-order valence-corrected chi connectivity index (χ2v) is 5.13. The van der Waals surface area contributed by atoms with E-state index >= 15 is 0 Å². The van der Waals surface area contributed by atoms with Crippen molar-refractivity contribution in [3.8, 4) is 0 Å². The Bertz CT molecular complexity index is 173. The molecule has 3 aliphatic carbocycles. The van der Waals surface area contributed by atoms with E-state index in [2.05, 4.69) is 6.92 Å². The van der Waals surface area contributed by atoms with Crippen LogP contribution >= 0.6 is 0 Å². The molecule has 0 heterocycles. The third-order valence-corrected chi connectivity index (χ3v) is 4.76. The van der Waals surface area contributed by atoms with Crippen molar-refractivity contribution >= 4 is 0 Å². The van der Waals surface area contributed by atoms with Gasteiger partial charge >= 0.3 is 0 Å². The molecule has 0 N–H and O–H groups in total. The lowest BCUT2D eigenvalue weighted by Crippen LogP contribution is -2.22. The molecule has 0 aromatic rings. The van der Waals surface area contributed by atoms with Crippen LogP contribution in [-0.4, -0.2) is 0 Å². The fourth-order valence-electron chi connectivity index (χ4n) is 4.41. The van der Waals surface area contributed by atoms with Gasteiger partial charge in [0.1, 0.15) is 0 Å². The maximum Gasteiger partial charge on any atom is -0.0352 e.